The number of rotatable bonds is 5. The lowest BCUT2D eigenvalue weighted by atomic mass is 10.2. The Morgan fingerprint density at radius 2 is 1.81 bits per heavy atom. The summed E-state index contributed by atoms with van der Waals surface area (Å²) in [4.78, 5) is 17.3. The van der Waals surface area contributed by atoms with Crippen molar-refractivity contribution in [2.24, 2.45) is 0 Å². The van der Waals surface area contributed by atoms with E-state index in [0.29, 0.717) is 21.5 Å². The molecule has 164 valence electrons. The minimum Gasteiger partial charge on any atom is -0.451 e. The predicted molar refractivity (Wildman–Crippen MR) is 130 cm³/mol. The average molecular weight is 481 g/mol. The largest absolute Gasteiger partial charge is 0.451 e. The second-order valence-corrected chi connectivity index (χ2v) is 8.06. The van der Waals surface area contributed by atoms with Crippen LogP contribution in [0.15, 0.2) is 59.0 Å². The summed E-state index contributed by atoms with van der Waals surface area (Å²) >= 11 is 12.5. The second kappa shape index (κ2) is 10.4. The van der Waals surface area contributed by atoms with E-state index in [2.05, 4.69) is 22.0 Å². The molecule has 3 aromatic rings. The van der Waals surface area contributed by atoms with E-state index < -0.39 is 0 Å². The van der Waals surface area contributed by atoms with Gasteiger partial charge in [-0.25, -0.2) is 0 Å². The van der Waals surface area contributed by atoms with Crippen molar-refractivity contribution in [2.75, 3.05) is 42.9 Å². The molecule has 4 rings (SSSR count). The maximum absolute atomic E-state index is 12.6. The number of hydrogen-bond acceptors (Lipinski definition) is 4. The maximum atomic E-state index is 12.6. The highest BCUT2D eigenvalue weighted by Gasteiger charge is 2.19. The fourth-order valence-corrected chi connectivity index (χ4v) is 4.09. The number of halogens is 3. The summed E-state index contributed by atoms with van der Waals surface area (Å²) in [6.07, 6.45) is 0. The van der Waals surface area contributed by atoms with Crippen molar-refractivity contribution >= 4 is 52.9 Å². The van der Waals surface area contributed by atoms with Gasteiger partial charge < -0.3 is 19.5 Å². The number of amides is 1. The van der Waals surface area contributed by atoms with Gasteiger partial charge in [0, 0.05) is 42.5 Å². The van der Waals surface area contributed by atoms with Gasteiger partial charge in [-0.05, 0) is 49.0 Å². The number of anilines is 2. The van der Waals surface area contributed by atoms with Crippen LogP contribution in [0.4, 0.5) is 11.4 Å². The number of nitrogens with zero attached hydrogens (tertiary/aromatic N) is 2. The Balaban J connectivity index is 0.00000272. The van der Waals surface area contributed by atoms with Gasteiger partial charge in [-0.3, -0.25) is 4.79 Å². The predicted octanol–water partition coefficient (Wildman–Crippen LogP) is 6.07. The Hall–Kier alpha value is -2.18. The summed E-state index contributed by atoms with van der Waals surface area (Å²) in [5.41, 5.74) is 2.44. The van der Waals surface area contributed by atoms with Gasteiger partial charge in [0.25, 0.3) is 5.91 Å². The summed E-state index contributed by atoms with van der Waals surface area (Å²) in [5, 5.41) is 4.09. The molecule has 0 atom stereocenters. The Morgan fingerprint density at radius 1 is 1.03 bits per heavy atom. The molecule has 0 spiro atoms. The van der Waals surface area contributed by atoms with E-state index in [1.165, 1.54) is 0 Å². The molecule has 0 bridgehead atoms. The monoisotopic (exact) mass is 479 g/mol. The van der Waals surface area contributed by atoms with Crippen molar-refractivity contribution in [3.05, 3.63) is 70.4 Å². The van der Waals surface area contributed by atoms with Gasteiger partial charge in [0.2, 0.25) is 0 Å². The third kappa shape index (κ3) is 5.55. The van der Waals surface area contributed by atoms with Crippen LogP contribution in [0, 0.1) is 0 Å². The Morgan fingerprint density at radius 3 is 2.48 bits per heavy atom. The summed E-state index contributed by atoms with van der Waals surface area (Å²) in [6.45, 7) is 7.18. The Labute approximate surface area is 198 Å². The molecule has 1 fully saturated rings. The molecule has 31 heavy (non-hydrogen) atoms. The first-order chi connectivity index (χ1) is 14.5. The molecule has 1 saturated heterocycles. The fraction of sp³-hybridized carbons (Fsp3) is 0.261. The van der Waals surface area contributed by atoms with E-state index in [1.807, 2.05) is 24.3 Å². The lowest BCUT2D eigenvalue weighted by Crippen LogP contribution is -2.46. The van der Waals surface area contributed by atoms with Crippen molar-refractivity contribution in [2.45, 2.75) is 6.92 Å². The highest BCUT2D eigenvalue weighted by Crippen LogP contribution is 2.30. The topological polar surface area (TPSA) is 48.7 Å². The summed E-state index contributed by atoms with van der Waals surface area (Å²) < 4.78 is 5.71. The molecule has 0 unspecified atom stereocenters. The number of nitrogens with one attached hydrogen (secondary N) is 1. The Bertz CT molecular complexity index is 1050. The van der Waals surface area contributed by atoms with Crippen LogP contribution in [0.1, 0.15) is 17.5 Å². The first-order valence-electron chi connectivity index (χ1n) is 9.97. The quantitative estimate of drug-likeness (QED) is 0.481. The van der Waals surface area contributed by atoms with Gasteiger partial charge in [-0.1, -0.05) is 42.3 Å². The van der Waals surface area contributed by atoms with Gasteiger partial charge in [0.1, 0.15) is 5.76 Å². The van der Waals surface area contributed by atoms with E-state index in [1.54, 1.807) is 30.3 Å². The van der Waals surface area contributed by atoms with Crippen molar-refractivity contribution < 1.29 is 9.21 Å². The minimum absolute atomic E-state index is 0. The molecule has 0 aliphatic carbocycles. The normalized spacial score (nSPS) is 14.2. The molecule has 5 nitrogen and oxygen atoms in total. The van der Waals surface area contributed by atoms with E-state index >= 15 is 0 Å². The van der Waals surface area contributed by atoms with Crippen LogP contribution in [0.25, 0.3) is 11.3 Å². The van der Waals surface area contributed by atoms with Gasteiger partial charge in [0.05, 0.1) is 10.7 Å². The van der Waals surface area contributed by atoms with Crippen molar-refractivity contribution in [1.29, 1.82) is 0 Å². The maximum Gasteiger partial charge on any atom is 0.291 e. The SMILES string of the molecule is CCN1CCN(c2ccc(NC(=O)c3ccc(-c4cccc(Cl)c4)o3)cc2Cl)CC1.Cl. The number of carbonyl (C=O) groups is 1. The molecule has 2 heterocycles. The van der Waals surface area contributed by atoms with Crippen LogP contribution in [-0.4, -0.2) is 43.5 Å². The van der Waals surface area contributed by atoms with Crippen molar-refractivity contribution in [3.8, 4) is 11.3 Å². The number of carbonyl (C=O) groups excluding carboxylic acids is 1. The van der Waals surface area contributed by atoms with Gasteiger partial charge in [-0.2, -0.15) is 0 Å². The molecular weight excluding hydrogens is 457 g/mol. The highest BCUT2D eigenvalue weighted by atomic mass is 35.5. The molecule has 0 radical (unpaired) electrons. The Kier molecular flexibility index (Phi) is 7.89. The van der Waals surface area contributed by atoms with Crippen LogP contribution in [0.2, 0.25) is 10.0 Å². The van der Waals surface area contributed by atoms with Gasteiger partial charge >= 0.3 is 0 Å². The van der Waals surface area contributed by atoms with E-state index in [0.717, 1.165) is 44.0 Å². The zero-order chi connectivity index (χ0) is 21.1. The fourth-order valence-electron chi connectivity index (χ4n) is 3.60. The first kappa shape index (κ1) is 23.5. The molecule has 1 N–H and O–H groups in total. The van der Waals surface area contributed by atoms with Gasteiger partial charge in [0.15, 0.2) is 5.76 Å². The third-order valence-electron chi connectivity index (χ3n) is 5.30. The minimum atomic E-state index is -0.330. The van der Waals surface area contributed by atoms with Crippen LogP contribution in [-0.2, 0) is 0 Å². The van der Waals surface area contributed by atoms with E-state index in [-0.39, 0.29) is 24.1 Å². The smallest absolute Gasteiger partial charge is 0.291 e. The van der Waals surface area contributed by atoms with E-state index in [4.69, 9.17) is 27.6 Å². The second-order valence-electron chi connectivity index (χ2n) is 7.22. The molecule has 1 amide bonds. The van der Waals surface area contributed by atoms with Crippen molar-refractivity contribution in [3.63, 3.8) is 0 Å². The zero-order valence-electron chi connectivity index (χ0n) is 17.1. The number of piperazine rings is 1. The summed E-state index contributed by atoms with van der Waals surface area (Å²) in [6, 6.07) is 16.3. The lowest BCUT2D eigenvalue weighted by Gasteiger charge is -2.36. The molecule has 2 aromatic carbocycles. The van der Waals surface area contributed by atoms with Crippen LogP contribution in [0.5, 0.6) is 0 Å². The average Bonchev–Trinajstić information content (AvgIpc) is 3.25. The number of furan rings is 1. The summed E-state index contributed by atoms with van der Waals surface area (Å²) in [5.74, 6) is 0.478. The molecule has 0 saturated carbocycles. The van der Waals surface area contributed by atoms with Crippen LogP contribution < -0.4 is 10.2 Å². The highest BCUT2D eigenvalue weighted by molar-refractivity contribution is 6.33. The number of benzene rings is 2. The lowest BCUT2D eigenvalue weighted by molar-refractivity contribution is 0.0997. The number of hydrogen-bond donors (Lipinski definition) is 1. The molecule has 1 aromatic heterocycles. The third-order valence-corrected chi connectivity index (χ3v) is 5.84. The van der Waals surface area contributed by atoms with Gasteiger partial charge in [-0.15, -0.1) is 12.4 Å². The zero-order valence-corrected chi connectivity index (χ0v) is 19.4. The molecule has 1 aliphatic heterocycles. The van der Waals surface area contributed by atoms with Crippen LogP contribution >= 0.6 is 35.6 Å². The molecule has 8 heteroatoms. The first-order valence-corrected chi connectivity index (χ1v) is 10.7. The molecular formula is C23H24Cl3N3O2. The van der Waals surface area contributed by atoms with E-state index in [9.17, 15) is 4.79 Å². The molecule has 1 aliphatic rings. The standard InChI is InChI=1S/C23H23Cl2N3O2.ClH/c1-2-27-10-12-28(13-11-27)20-7-6-18(15-19(20)25)26-23(29)22-9-8-21(30-22)16-4-3-5-17(24)14-16;/h3-9,14-15H,2,10-13H2,1H3,(H,26,29);1H. The van der Waals surface area contributed by atoms with Crippen LogP contribution in [0.3, 0.4) is 0 Å². The van der Waals surface area contributed by atoms with Crippen molar-refractivity contribution in [1.82, 2.24) is 4.90 Å². The summed E-state index contributed by atoms with van der Waals surface area (Å²) in [7, 11) is 0. The number of likely N-dealkylation sites (N-methyl/N-ethyl adjacent to an activating group) is 1.